The summed E-state index contributed by atoms with van der Waals surface area (Å²) in [6, 6.07) is 5.80. The van der Waals surface area contributed by atoms with Crippen LogP contribution in [0.5, 0.6) is 0 Å². The van der Waals surface area contributed by atoms with Crippen molar-refractivity contribution in [3.63, 3.8) is 0 Å². The molecule has 0 bridgehead atoms. The molecule has 6 unspecified atom stereocenters. The Hall–Kier alpha value is -0.720. The maximum absolute atomic E-state index is 6.56. The normalized spacial score (nSPS) is 37.0. The van der Waals surface area contributed by atoms with Crippen molar-refractivity contribution in [2.75, 3.05) is 0 Å². The summed E-state index contributed by atoms with van der Waals surface area (Å²) < 4.78 is 6.56. The highest BCUT2D eigenvalue weighted by Crippen LogP contribution is 2.47. The van der Waals surface area contributed by atoms with Gasteiger partial charge in [-0.3, -0.25) is 0 Å². The Labute approximate surface area is 156 Å². The second-order valence-corrected chi connectivity index (χ2v) is 10.0. The molecular formula is C24H39O. The third-order valence-corrected chi connectivity index (χ3v) is 7.33. The summed E-state index contributed by atoms with van der Waals surface area (Å²) >= 11 is 0. The SMILES string of the molecule is CC1CCC(C(C)C)C(c2[c]cc(C3CC(C)CCC3C(C)C)o2)C1. The Morgan fingerprint density at radius 1 is 0.840 bits per heavy atom. The van der Waals surface area contributed by atoms with Crippen LogP contribution < -0.4 is 0 Å². The lowest BCUT2D eigenvalue weighted by atomic mass is 9.69. The van der Waals surface area contributed by atoms with Gasteiger partial charge in [-0.15, -0.1) is 0 Å². The van der Waals surface area contributed by atoms with E-state index >= 15 is 0 Å². The second-order valence-electron chi connectivity index (χ2n) is 10.0. The van der Waals surface area contributed by atoms with Gasteiger partial charge in [0, 0.05) is 17.9 Å². The fourth-order valence-electron chi connectivity index (χ4n) is 5.73. The van der Waals surface area contributed by atoms with Gasteiger partial charge in [-0.1, -0.05) is 54.4 Å². The first-order valence-electron chi connectivity index (χ1n) is 10.9. The van der Waals surface area contributed by atoms with E-state index in [9.17, 15) is 0 Å². The van der Waals surface area contributed by atoms with Gasteiger partial charge >= 0.3 is 0 Å². The van der Waals surface area contributed by atoms with Gasteiger partial charge in [0.15, 0.2) is 0 Å². The van der Waals surface area contributed by atoms with Crippen LogP contribution in [0.4, 0.5) is 0 Å². The summed E-state index contributed by atoms with van der Waals surface area (Å²) in [6.45, 7) is 14.4. The van der Waals surface area contributed by atoms with Gasteiger partial charge in [0.1, 0.15) is 11.5 Å². The van der Waals surface area contributed by atoms with Gasteiger partial charge in [-0.25, -0.2) is 0 Å². The second kappa shape index (κ2) is 7.89. The first-order chi connectivity index (χ1) is 11.9. The van der Waals surface area contributed by atoms with E-state index in [2.05, 4.69) is 53.7 Å². The molecule has 1 aromatic rings. The smallest absolute Gasteiger partial charge is 0.115 e. The Bertz CT molecular complexity index is 494. The molecule has 1 heteroatoms. The van der Waals surface area contributed by atoms with Crippen LogP contribution in [0.15, 0.2) is 10.5 Å². The maximum atomic E-state index is 6.56. The zero-order valence-electron chi connectivity index (χ0n) is 17.3. The van der Waals surface area contributed by atoms with E-state index in [0.29, 0.717) is 11.8 Å². The van der Waals surface area contributed by atoms with Gasteiger partial charge in [0.25, 0.3) is 0 Å². The van der Waals surface area contributed by atoms with E-state index in [1.54, 1.807) is 0 Å². The third-order valence-electron chi connectivity index (χ3n) is 7.33. The van der Waals surface area contributed by atoms with Crippen LogP contribution in [0.3, 0.4) is 0 Å². The number of furan rings is 1. The van der Waals surface area contributed by atoms with Crippen molar-refractivity contribution >= 4 is 0 Å². The molecular weight excluding hydrogens is 304 g/mol. The molecule has 6 atom stereocenters. The molecule has 0 N–H and O–H groups in total. The average molecular weight is 344 g/mol. The molecule has 141 valence electrons. The Morgan fingerprint density at radius 2 is 1.36 bits per heavy atom. The molecule has 2 saturated carbocycles. The quantitative estimate of drug-likeness (QED) is 0.554. The minimum absolute atomic E-state index is 0.580. The van der Waals surface area contributed by atoms with Gasteiger partial charge in [-0.2, -0.15) is 0 Å². The van der Waals surface area contributed by atoms with E-state index in [-0.39, 0.29) is 0 Å². The topological polar surface area (TPSA) is 13.1 Å². The molecule has 1 aromatic heterocycles. The highest BCUT2D eigenvalue weighted by atomic mass is 16.3. The fraction of sp³-hybridized carbons (Fsp3) is 0.833. The van der Waals surface area contributed by atoms with Crippen molar-refractivity contribution in [3.8, 4) is 0 Å². The molecule has 2 fully saturated rings. The lowest BCUT2D eigenvalue weighted by Crippen LogP contribution is -2.26. The van der Waals surface area contributed by atoms with Crippen molar-refractivity contribution < 1.29 is 4.42 Å². The zero-order chi connectivity index (χ0) is 18.1. The van der Waals surface area contributed by atoms with E-state index in [4.69, 9.17) is 4.42 Å². The van der Waals surface area contributed by atoms with E-state index in [1.807, 2.05) is 0 Å². The summed E-state index contributed by atoms with van der Waals surface area (Å²) in [4.78, 5) is 0. The fourth-order valence-corrected chi connectivity index (χ4v) is 5.73. The van der Waals surface area contributed by atoms with Crippen LogP contribution >= 0.6 is 0 Å². The summed E-state index contributed by atoms with van der Waals surface area (Å²) in [5, 5.41) is 0. The molecule has 0 aliphatic heterocycles. The Morgan fingerprint density at radius 3 is 1.92 bits per heavy atom. The molecule has 0 spiro atoms. The summed E-state index contributed by atoms with van der Waals surface area (Å²) in [5.74, 6) is 8.24. The number of rotatable bonds is 4. The van der Waals surface area contributed by atoms with Crippen LogP contribution in [-0.4, -0.2) is 0 Å². The monoisotopic (exact) mass is 343 g/mol. The first-order valence-corrected chi connectivity index (χ1v) is 10.9. The zero-order valence-corrected chi connectivity index (χ0v) is 17.3. The molecule has 2 aliphatic carbocycles. The highest BCUT2D eigenvalue weighted by molar-refractivity contribution is 5.16. The van der Waals surface area contributed by atoms with Crippen molar-refractivity contribution in [2.45, 2.75) is 91.9 Å². The van der Waals surface area contributed by atoms with E-state index in [1.165, 1.54) is 50.0 Å². The van der Waals surface area contributed by atoms with Crippen LogP contribution in [0.2, 0.25) is 0 Å². The predicted octanol–water partition coefficient (Wildman–Crippen LogP) is 7.43. The van der Waals surface area contributed by atoms with Gasteiger partial charge in [0.05, 0.1) is 0 Å². The van der Waals surface area contributed by atoms with Crippen molar-refractivity contribution in [3.05, 3.63) is 23.7 Å². The van der Waals surface area contributed by atoms with Crippen LogP contribution in [0.25, 0.3) is 0 Å². The maximum Gasteiger partial charge on any atom is 0.115 e. The lowest BCUT2D eigenvalue weighted by molar-refractivity contribution is 0.158. The van der Waals surface area contributed by atoms with E-state index < -0.39 is 0 Å². The molecule has 3 rings (SSSR count). The highest BCUT2D eigenvalue weighted by Gasteiger charge is 2.37. The summed E-state index contributed by atoms with van der Waals surface area (Å²) in [6.07, 6.45) is 8.03. The average Bonchev–Trinajstić information content (AvgIpc) is 3.03. The molecule has 1 nitrogen and oxygen atoms in total. The predicted molar refractivity (Wildman–Crippen MR) is 106 cm³/mol. The largest absolute Gasteiger partial charge is 0.465 e. The minimum Gasteiger partial charge on any atom is -0.465 e. The van der Waals surface area contributed by atoms with Gasteiger partial charge < -0.3 is 4.42 Å². The van der Waals surface area contributed by atoms with Crippen LogP contribution in [0.1, 0.15) is 103 Å². The number of hydrogen-bond donors (Lipinski definition) is 0. The number of hydrogen-bond acceptors (Lipinski definition) is 1. The Balaban J connectivity index is 1.82. The molecule has 2 aliphatic rings. The van der Waals surface area contributed by atoms with Gasteiger partial charge in [-0.05, 0) is 67.3 Å². The third kappa shape index (κ3) is 4.17. The van der Waals surface area contributed by atoms with Crippen LogP contribution in [0, 0.1) is 41.6 Å². The van der Waals surface area contributed by atoms with E-state index in [0.717, 1.165) is 35.5 Å². The molecule has 0 aromatic carbocycles. The molecule has 0 saturated heterocycles. The van der Waals surface area contributed by atoms with Crippen molar-refractivity contribution in [1.29, 1.82) is 0 Å². The van der Waals surface area contributed by atoms with Crippen molar-refractivity contribution in [2.24, 2.45) is 35.5 Å². The van der Waals surface area contributed by atoms with Crippen LogP contribution in [-0.2, 0) is 0 Å². The molecule has 25 heavy (non-hydrogen) atoms. The van der Waals surface area contributed by atoms with Crippen molar-refractivity contribution in [1.82, 2.24) is 0 Å². The van der Waals surface area contributed by atoms with Gasteiger partial charge in [0.2, 0.25) is 0 Å². The lowest BCUT2D eigenvalue weighted by Gasteiger charge is -2.37. The molecule has 0 amide bonds. The Kier molecular flexibility index (Phi) is 6.01. The minimum atomic E-state index is 0.580. The standard InChI is InChI=1S/C24H39O/c1-15(2)19-9-7-17(5)13-21(19)23-11-12-24(25-23)22-14-18(6)8-10-20(22)16(3)4/h11,15-22H,7-10,13-14H2,1-6H3. The summed E-state index contributed by atoms with van der Waals surface area (Å²) in [5.41, 5.74) is 0. The summed E-state index contributed by atoms with van der Waals surface area (Å²) in [7, 11) is 0. The first kappa shape index (κ1) is 19.1. The molecule has 1 radical (unpaired) electrons. The molecule has 1 heterocycles.